The van der Waals surface area contributed by atoms with E-state index in [-0.39, 0.29) is 0 Å². The number of hydrogen-bond donors (Lipinski definition) is 0. The average molecular weight is 322 g/mol. The van der Waals surface area contributed by atoms with E-state index in [0.29, 0.717) is 3.12 Å². The standard InChI is InChI=1S/C6H5.2FH.Pb/c1-2-4-6-5-3-1;;;/h1-5H;2*1H;/q;;;+2/p-2. The Hall–Kier alpha value is 0.00208. The zero-order valence-electron chi connectivity index (χ0n) is 4.64. The Labute approximate surface area is 62.5 Å². The van der Waals surface area contributed by atoms with Gasteiger partial charge in [-0.2, -0.15) is 0 Å². The zero-order chi connectivity index (χ0) is 6.69. The molecule has 1 aromatic rings. The molecule has 9 heavy (non-hydrogen) atoms. The van der Waals surface area contributed by atoms with Gasteiger partial charge in [-0.1, -0.05) is 0 Å². The molecule has 0 amide bonds. The molecule has 0 N–H and O–H groups in total. The van der Waals surface area contributed by atoms with E-state index in [2.05, 4.69) is 0 Å². The van der Waals surface area contributed by atoms with Crippen LogP contribution in [0.25, 0.3) is 0 Å². The Balaban J connectivity index is 2.85. The van der Waals surface area contributed by atoms with Crippen molar-refractivity contribution in [2.45, 2.75) is 0 Å². The van der Waals surface area contributed by atoms with Crippen molar-refractivity contribution in [3.05, 3.63) is 30.3 Å². The molecule has 0 spiro atoms. The number of halogens is 2. The summed E-state index contributed by atoms with van der Waals surface area (Å²) in [5.74, 6) is 0. The monoisotopic (exact) mass is 323 g/mol. The molecule has 0 aliphatic rings. The molecule has 1 radical (unpaired) electrons. The number of rotatable bonds is 1. The first-order valence-electron chi connectivity index (χ1n) is 2.54. The maximum absolute atomic E-state index is 12.0. The van der Waals surface area contributed by atoms with Crippen LogP contribution in [0.1, 0.15) is 0 Å². The van der Waals surface area contributed by atoms with Crippen LogP contribution in [0, 0.1) is 0 Å². The predicted molar refractivity (Wildman–Crippen MR) is 34.0 cm³/mol. The fourth-order valence-electron chi connectivity index (χ4n) is 0.564. The first kappa shape index (κ1) is 7.11. The fourth-order valence-corrected chi connectivity index (χ4v) is 2.29. The van der Waals surface area contributed by atoms with Gasteiger partial charge < -0.3 is 0 Å². The Bertz CT molecular complexity index is 174. The van der Waals surface area contributed by atoms with E-state index in [1.807, 2.05) is 0 Å². The third-order valence-corrected chi connectivity index (χ3v) is 3.98. The van der Waals surface area contributed by atoms with Crippen molar-refractivity contribution in [1.82, 2.24) is 0 Å². The molecule has 0 heterocycles. The van der Waals surface area contributed by atoms with Crippen molar-refractivity contribution >= 4 is 27.1 Å². The van der Waals surface area contributed by atoms with Crippen molar-refractivity contribution in [2.75, 3.05) is 0 Å². The van der Waals surface area contributed by atoms with Gasteiger partial charge in [0.1, 0.15) is 0 Å². The summed E-state index contributed by atoms with van der Waals surface area (Å²) in [7, 11) is 0. The van der Waals surface area contributed by atoms with Crippen molar-refractivity contribution in [1.29, 1.82) is 0 Å². The van der Waals surface area contributed by atoms with Crippen molar-refractivity contribution in [2.24, 2.45) is 0 Å². The molecule has 1 aromatic carbocycles. The van der Waals surface area contributed by atoms with Gasteiger partial charge >= 0.3 is 62.4 Å². The number of benzene rings is 1. The molecule has 0 bridgehead atoms. The molecule has 0 unspecified atom stereocenters. The normalized spacial score (nSPS) is 10.1. The van der Waals surface area contributed by atoms with E-state index in [1.165, 1.54) is 12.1 Å². The van der Waals surface area contributed by atoms with Crippen molar-refractivity contribution < 1.29 is 5.02 Å². The molecular weight excluding hydrogens is 317 g/mol. The molecule has 1 rings (SSSR count). The van der Waals surface area contributed by atoms with Gasteiger partial charge in [0, 0.05) is 0 Å². The van der Waals surface area contributed by atoms with Gasteiger partial charge in [0.05, 0.1) is 0 Å². The summed E-state index contributed by atoms with van der Waals surface area (Å²) in [5, 5.41) is 0. The third kappa shape index (κ3) is 2.00. The second-order valence-corrected chi connectivity index (χ2v) is 5.90. The first-order valence-corrected chi connectivity index (χ1v) is 7.42. The van der Waals surface area contributed by atoms with E-state index < -0.39 is 24.0 Å². The van der Waals surface area contributed by atoms with Crippen LogP contribution in [-0.2, 0) is 0 Å². The molecule has 0 saturated carbocycles. The van der Waals surface area contributed by atoms with Gasteiger partial charge in [0.25, 0.3) is 0 Å². The summed E-state index contributed by atoms with van der Waals surface area (Å²) < 4.78 is 24.3. The van der Waals surface area contributed by atoms with Crippen molar-refractivity contribution in [3.8, 4) is 0 Å². The molecule has 3 heteroatoms. The Morgan fingerprint density at radius 3 is 1.89 bits per heavy atom. The average Bonchev–Trinajstić information content (AvgIpc) is 1.90. The molecular formula is C6H5F2Pb. The van der Waals surface area contributed by atoms with Crippen LogP contribution in [0.4, 0.5) is 5.02 Å². The van der Waals surface area contributed by atoms with Gasteiger partial charge in [-0.05, 0) is 0 Å². The summed E-state index contributed by atoms with van der Waals surface area (Å²) in [6.45, 7) is 0. The van der Waals surface area contributed by atoms with Gasteiger partial charge in [-0.25, -0.2) is 0 Å². The van der Waals surface area contributed by atoms with Gasteiger partial charge in [-0.3, -0.25) is 0 Å². The van der Waals surface area contributed by atoms with E-state index in [0.717, 1.165) is 0 Å². The van der Waals surface area contributed by atoms with Gasteiger partial charge in [-0.15, -0.1) is 0 Å². The Morgan fingerprint density at radius 1 is 1.00 bits per heavy atom. The molecule has 0 fully saturated rings. The Kier molecular flexibility index (Phi) is 2.56. The second kappa shape index (κ2) is 3.24. The summed E-state index contributed by atoms with van der Waals surface area (Å²) in [6.07, 6.45) is 0. The quantitative estimate of drug-likeness (QED) is 0.684. The van der Waals surface area contributed by atoms with E-state index >= 15 is 0 Å². The van der Waals surface area contributed by atoms with E-state index in [9.17, 15) is 5.02 Å². The fraction of sp³-hybridized carbons (Fsp3) is 0. The van der Waals surface area contributed by atoms with Crippen LogP contribution < -0.4 is 3.12 Å². The van der Waals surface area contributed by atoms with Gasteiger partial charge in [0.2, 0.25) is 0 Å². The minimum atomic E-state index is -4.16. The topological polar surface area (TPSA) is 0 Å². The van der Waals surface area contributed by atoms with E-state index in [1.54, 1.807) is 18.2 Å². The maximum atomic E-state index is 12.0. The summed E-state index contributed by atoms with van der Waals surface area (Å²) >= 11 is -4.16. The van der Waals surface area contributed by atoms with Crippen molar-refractivity contribution in [3.63, 3.8) is 0 Å². The molecule has 0 atom stereocenters. The number of hydrogen-bond acceptors (Lipinski definition) is 0. The van der Waals surface area contributed by atoms with E-state index in [4.69, 9.17) is 0 Å². The summed E-state index contributed by atoms with van der Waals surface area (Å²) in [4.78, 5) is 0. The molecule has 0 aliphatic carbocycles. The minimum absolute atomic E-state index is 0.294. The molecule has 0 aliphatic heterocycles. The van der Waals surface area contributed by atoms with Crippen LogP contribution in [0.15, 0.2) is 30.3 Å². The van der Waals surface area contributed by atoms with Crippen LogP contribution in [0.2, 0.25) is 0 Å². The van der Waals surface area contributed by atoms with Crippen LogP contribution in [0.3, 0.4) is 0 Å². The summed E-state index contributed by atoms with van der Waals surface area (Å²) in [6, 6.07) is 8.06. The molecule has 0 saturated heterocycles. The first-order chi connectivity index (χ1) is 4.30. The van der Waals surface area contributed by atoms with Gasteiger partial charge in [0.15, 0.2) is 0 Å². The molecule has 0 nitrogen and oxygen atoms in total. The molecule has 0 aromatic heterocycles. The summed E-state index contributed by atoms with van der Waals surface area (Å²) in [5.41, 5.74) is 0. The third-order valence-electron chi connectivity index (χ3n) is 0.992. The van der Waals surface area contributed by atoms with Crippen LogP contribution >= 0.6 is 0 Å². The van der Waals surface area contributed by atoms with Crippen LogP contribution in [-0.4, -0.2) is 24.0 Å². The van der Waals surface area contributed by atoms with Crippen LogP contribution in [0.5, 0.6) is 0 Å². The SMILES string of the molecule is [F][Pb]([F])[c]1ccccc1. The molecule has 47 valence electrons. The second-order valence-electron chi connectivity index (χ2n) is 1.63. The predicted octanol–water partition coefficient (Wildman–Crippen LogP) is 1.32. The Morgan fingerprint density at radius 2 is 1.56 bits per heavy atom. The zero-order valence-corrected chi connectivity index (χ0v) is 8.53.